The van der Waals surface area contributed by atoms with Crippen LogP contribution in [0.1, 0.15) is 16.1 Å². The Kier molecular flexibility index (Phi) is 6.07. The normalized spacial score (nSPS) is 12.4. The van der Waals surface area contributed by atoms with Crippen LogP contribution in [0.5, 0.6) is 0 Å². The van der Waals surface area contributed by atoms with Gasteiger partial charge in [-0.25, -0.2) is 4.68 Å². The van der Waals surface area contributed by atoms with Crippen molar-refractivity contribution in [2.24, 2.45) is 5.73 Å². The molecular formula is C20H15F6N3O2. The molecule has 1 amide bonds. The number of ether oxygens (including phenoxy) is 1. The number of nitrogens with zero attached hydrogens (tertiary/aromatic N) is 2. The van der Waals surface area contributed by atoms with Gasteiger partial charge in [0, 0.05) is 5.56 Å². The van der Waals surface area contributed by atoms with E-state index in [1.807, 2.05) is 0 Å². The molecule has 164 valence electrons. The van der Waals surface area contributed by atoms with E-state index in [2.05, 4.69) is 9.84 Å². The summed E-state index contributed by atoms with van der Waals surface area (Å²) < 4.78 is 81.6. The maximum Gasteiger partial charge on any atom is 0.423 e. The van der Waals surface area contributed by atoms with Gasteiger partial charge in [0.1, 0.15) is 0 Å². The van der Waals surface area contributed by atoms with Crippen LogP contribution in [0, 0.1) is 0 Å². The maximum absolute atomic E-state index is 12.7. The van der Waals surface area contributed by atoms with E-state index < -0.39 is 31.0 Å². The van der Waals surface area contributed by atoms with E-state index in [1.54, 1.807) is 36.4 Å². The average molecular weight is 443 g/mol. The molecule has 1 aromatic heterocycles. The fourth-order valence-electron chi connectivity index (χ4n) is 2.85. The molecule has 3 aromatic rings. The highest BCUT2D eigenvalue weighted by Gasteiger charge is 2.57. The molecule has 31 heavy (non-hydrogen) atoms. The van der Waals surface area contributed by atoms with E-state index in [9.17, 15) is 31.1 Å². The highest BCUT2D eigenvalue weighted by Crippen LogP contribution is 2.36. The maximum atomic E-state index is 12.7. The minimum Gasteiger partial charge on any atom is -0.364 e. The molecule has 11 heteroatoms. The summed E-state index contributed by atoms with van der Waals surface area (Å²) in [5, 5.41) is 4.14. The summed E-state index contributed by atoms with van der Waals surface area (Å²) in [6.45, 7) is -0.931. The number of alkyl halides is 6. The smallest absolute Gasteiger partial charge is 0.364 e. The first kappa shape index (κ1) is 22.3. The number of hydrogen-bond donors (Lipinski definition) is 1. The Bertz CT molecular complexity index is 1050. The lowest BCUT2D eigenvalue weighted by Gasteiger charge is -2.23. The van der Waals surface area contributed by atoms with E-state index in [0.29, 0.717) is 16.9 Å². The highest BCUT2D eigenvalue weighted by molar-refractivity contribution is 5.92. The van der Waals surface area contributed by atoms with Crippen molar-refractivity contribution in [3.05, 3.63) is 71.9 Å². The van der Waals surface area contributed by atoms with Crippen molar-refractivity contribution in [2.75, 3.05) is 0 Å². The van der Waals surface area contributed by atoms with Crippen LogP contribution in [0.4, 0.5) is 26.3 Å². The summed E-state index contributed by atoms with van der Waals surface area (Å²) >= 11 is 0. The number of hydrogen-bond acceptors (Lipinski definition) is 3. The van der Waals surface area contributed by atoms with Gasteiger partial charge in [-0.15, -0.1) is 0 Å². The van der Waals surface area contributed by atoms with Gasteiger partial charge in [-0.05, 0) is 29.8 Å². The van der Waals surface area contributed by atoms with Crippen LogP contribution < -0.4 is 5.73 Å². The fraction of sp³-hybridized carbons (Fsp3) is 0.200. The zero-order valence-corrected chi connectivity index (χ0v) is 15.6. The van der Waals surface area contributed by atoms with Crippen LogP contribution in [0.3, 0.4) is 0 Å². The third kappa shape index (κ3) is 5.23. The van der Waals surface area contributed by atoms with Gasteiger partial charge in [-0.1, -0.05) is 36.4 Å². The molecule has 0 atom stereocenters. The van der Waals surface area contributed by atoms with Crippen molar-refractivity contribution in [1.82, 2.24) is 9.78 Å². The van der Waals surface area contributed by atoms with Crippen molar-refractivity contribution in [2.45, 2.75) is 25.1 Å². The van der Waals surface area contributed by atoms with Crippen LogP contribution in [0.2, 0.25) is 0 Å². The van der Waals surface area contributed by atoms with Gasteiger partial charge >= 0.3 is 12.4 Å². The Morgan fingerprint density at radius 3 is 2.19 bits per heavy atom. The molecule has 0 fully saturated rings. The fourth-order valence-corrected chi connectivity index (χ4v) is 2.85. The first-order chi connectivity index (χ1) is 14.5. The first-order valence-electron chi connectivity index (χ1n) is 8.76. The Labute approximate surface area is 172 Å². The Morgan fingerprint density at radius 2 is 1.61 bits per heavy atom. The largest absolute Gasteiger partial charge is 0.423 e. The van der Waals surface area contributed by atoms with Crippen LogP contribution in [0.15, 0.2) is 60.7 Å². The van der Waals surface area contributed by atoms with E-state index in [1.165, 1.54) is 28.9 Å². The number of primary amides is 1. The minimum atomic E-state index is -5.60. The molecule has 2 N–H and O–H groups in total. The summed E-state index contributed by atoms with van der Waals surface area (Å²) in [6.07, 6.45) is -15.1. The number of para-hydroxylation sites is 1. The number of benzene rings is 2. The summed E-state index contributed by atoms with van der Waals surface area (Å²) in [5.74, 6) is -0.798. The second-order valence-electron chi connectivity index (χ2n) is 6.50. The van der Waals surface area contributed by atoms with Crippen LogP contribution >= 0.6 is 0 Å². The zero-order chi connectivity index (χ0) is 22.8. The number of halogens is 6. The van der Waals surface area contributed by atoms with E-state index in [4.69, 9.17) is 5.73 Å². The molecule has 2 aromatic carbocycles. The van der Waals surface area contributed by atoms with Gasteiger partial charge in [-0.2, -0.15) is 31.4 Å². The predicted octanol–water partition coefficient (Wildman–Crippen LogP) is 4.65. The summed E-state index contributed by atoms with van der Waals surface area (Å²) in [6, 6.07) is 15.7. The minimum absolute atomic E-state index is 0.0605. The molecule has 0 aliphatic rings. The monoisotopic (exact) mass is 443 g/mol. The molecular weight excluding hydrogens is 428 g/mol. The van der Waals surface area contributed by atoms with Crippen LogP contribution in [-0.4, -0.2) is 34.1 Å². The Balaban J connectivity index is 1.94. The van der Waals surface area contributed by atoms with Crippen LogP contribution in [0.25, 0.3) is 16.9 Å². The Hall–Kier alpha value is -3.34. The van der Waals surface area contributed by atoms with Gasteiger partial charge in [0.05, 0.1) is 18.0 Å². The zero-order valence-electron chi connectivity index (χ0n) is 15.6. The molecule has 0 radical (unpaired) electrons. The standard InChI is InChI=1S/C20H15F6N3O2/c21-19(22,23)18(20(24,25)26)31-11-12-5-4-6-13(9-12)16-10-15(17(27)30)28-29(16)14-7-2-1-3-8-14/h1-10,18H,11H2,(H2,27,30). The Morgan fingerprint density at radius 1 is 0.968 bits per heavy atom. The third-order valence-electron chi connectivity index (χ3n) is 4.20. The third-order valence-corrected chi connectivity index (χ3v) is 4.20. The molecule has 0 aliphatic heterocycles. The summed E-state index contributed by atoms with van der Waals surface area (Å²) in [7, 11) is 0. The van der Waals surface area contributed by atoms with Gasteiger partial charge in [0.2, 0.25) is 6.10 Å². The topological polar surface area (TPSA) is 70.1 Å². The van der Waals surface area contributed by atoms with Crippen molar-refractivity contribution in [1.29, 1.82) is 0 Å². The lowest BCUT2D eigenvalue weighted by Crippen LogP contribution is -2.44. The number of amides is 1. The molecule has 0 saturated heterocycles. The lowest BCUT2D eigenvalue weighted by molar-refractivity contribution is -0.324. The van der Waals surface area contributed by atoms with Crippen molar-refractivity contribution >= 4 is 5.91 Å². The highest BCUT2D eigenvalue weighted by atomic mass is 19.4. The molecule has 0 saturated carbocycles. The number of nitrogens with two attached hydrogens (primary N) is 1. The second kappa shape index (κ2) is 8.42. The molecule has 0 unspecified atom stereocenters. The van der Waals surface area contributed by atoms with E-state index >= 15 is 0 Å². The summed E-state index contributed by atoms with van der Waals surface area (Å²) in [4.78, 5) is 11.6. The summed E-state index contributed by atoms with van der Waals surface area (Å²) in [5.41, 5.74) is 6.63. The van der Waals surface area contributed by atoms with E-state index in [0.717, 1.165) is 0 Å². The van der Waals surface area contributed by atoms with E-state index in [-0.39, 0.29) is 11.3 Å². The van der Waals surface area contributed by atoms with Gasteiger partial charge in [0.25, 0.3) is 5.91 Å². The molecule has 3 rings (SSSR count). The van der Waals surface area contributed by atoms with Crippen molar-refractivity contribution in [3.8, 4) is 16.9 Å². The van der Waals surface area contributed by atoms with Gasteiger partial charge < -0.3 is 10.5 Å². The molecule has 0 bridgehead atoms. The molecule has 0 spiro atoms. The SMILES string of the molecule is NC(=O)c1cc(-c2cccc(COC(C(F)(F)F)C(F)(F)F)c2)n(-c2ccccc2)n1. The van der Waals surface area contributed by atoms with Crippen molar-refractivity contribution < 1.29 is 35.9 Å². The van der Waals surface area contributed by atoms with Gasteiger partial charge in [-0.3, -0.25) is 4.79 Å². The lowest BCUT2D eigenvalue weighted by atomic mass is 10.1. The number of carbonyl (C=O) groups excluding carboxylic acids is 1. The van der Waals surface area contributed by atoms with Crippen molar-refractivity contribution in [3.63, 3.8) is 0 Å². The molecule has 5 nitrogen and oxygen atoms in total. The van der Waals surface area contributed by atoms with Crippen LogP contribution in [-0.2, 0) is 11.3 Å². The number of rotatable bonds is 6. The molecule has 0 aliphatic carbocycles. The van der Waals surface area contributed by atoms with Gasteiger partial charge in [0.15, 0.2) is 5.69 Å². The quantitative estimate of drug-likeness (QED) is 0.564. The molecule has 1 heterocycles. The predicted molar refractivity (Wildman–Crippen MR) is 98.2 cm³/mol. The first-order valence-corrected chi connectivity index (χ1v) is 8.76. The number of carbonyl (C=O) groups is 1. The number of aromatic nitrogens is 2. The second-order valence-corrected chi connectivity index (χ2v) is 6.50. The average Bonchev–Trinajstić information content (AvgIpc) is 3.13.